The van der Waals surface area contributed by atoms with Crippen molar-refractivity contribution in [2.24, 2.45) is 11.3 Å². The molecule has 2 aromatic rings. The van der Waals surface area contributed by atoms with E-state index in [1.807, 2.05) is 45.1 Å². The van der Waals surface area contributed by atoms with Gasteiger partial charge in [-0.2, -0.15) is 31.4 Å². The van der Waals surface area contributed by atoms with Gasteiger partial charge in [0, 0.05) is 68.8 Å². The first kappa shape index (κ1) is 38.0. The number of carboxylic acids is 2. The van der Waals surface area contributed by atoms with E-state index in [0.29, 0.717) is 32.0 Å². The molecule has 2 aliphatic rings. The van der Waals surface area contributed by atoms with Gasteiger partial charge in [-0.05, 0) is 50.3 Å². The van der Waals surface area contributed by atoms with Crippen molar-refractivity contribution < 1.29 is 55.7 Å². The van der Waals surface area contributed by atoms with E-state index in [1.165, 1.54) is 0 Å². The molecule has 0 radical (unpaired) electrons. The van der Waals surface area contributed by atoms with Crippen LogP contribution >= 0.6 is 0 Å². The summed E-state index contributed by atoms with van der Waals surface area (Å²) in [6, 6.07) is 6.16. The van der Waals surface area contributed by atoms with Crippen LogP contribution < -0.4 is 0 Å². The molecule has 0 aromatic carbocycles. The van der Waals surface area contributed by atoms with Crippen molar-refractivity contribution in [1.82, 2.24) is 24.6 Å². The lowest BCUT2D eigenvalue weighted by Crippen LogP contribution is -2.52. The van der Waals surface area contributed by atoms with E-state index in [2.05, 4.69) is 37.8 Å². The summed E-state index contributed by atoms with van der Waals surface area (Å²) in [5.41, 5.74) is 1.50. The Bertz CT molecular complexity index is 1320. The van der Waals surface area contributed by atoms with Crippen LogP contribution in [0.25, 0.3) is 0 Å². The molecule has 0 aliphatic carbocycles. The van der Waals surface area contributed by atoms with Gasteiger partial charge in [0.05, 0.1) is 5.41 Å². The van der Waals surface area contributed by atoms with Gasteiger partial charge in [-0.15, -0.1) is 0 Å². The number of carbonyl (C=O) groups excluding carboxylic acids is 2. The number of piperidine rings is 1. The monoisotopic (exact) mass is 665 g/mol. The lowest BCUT2D eigenvalue weighted by Gasteiger charge is -2.42. The average molecular weight is 666 g/mol. The zero-order valence-corrected chi connectivity index (χ0v) is 25.7. The fourth-order valence-electron chi connectivity index (χ4n) is 5.43. The van der Waals surface area contributed by atoms with E-state index in [-0.39, 0.29) is 23.8 Å². The van der Waals surface area contributed by atoms with Crippen molar-refractivity contribution in [3.63, 3.8) is 0 Å². The van der Waals surface area contributed by atoms with Gasteiger partial charge in [-0.1, -0.05) is 19.9 Å². The van der Waals surface area contributed by atoms with Crippen LogP contribution in [0, 0.1) is 11.3 Å². The van der Waals surface area contributed by atoms with Crippen LogP contribution in [0.15, 0.2) is 36.8 Å². The highest BCUT2D eigenvalue weighted by molar-refractivity contribution is 5.87. The summed E-state index contributed by atoms with van der Waals surface area (Å²) in [4.78, 5) is 53.0. The summed E-state index contributed by atoms with van der Waals surface area (Å²) >= 11 is 0. The number of aromatic nitrogens is 3. The maximum atomic E-state index is 14.1. The first-order valence-corrected chi connectivity index (χ1v) is 14.3. The zero-order chi connectivity index (χ0) is 35.0. The van der Waals surface area contributed by atoms with E-state index >= 15 is 0 Å². The number of alkyl halides is 6. The average Bonchev–Trinajstić information content (AvgIpc) is 3.57. The van der Waals surface area contributed by atoms with Crippen LogP contribution in [0.2, 0.25) is 0 Å². The standard InChI is InChI=1S/C25H35N5O2.2C2HF3O2/c1-18(2)13-23(31)29-16-21(22-8-11-27-30(22)19(3)4)25(17-29)9-6-12-28(24(25)32)15-20-7-5-10-26-14-20;2*3-2(4,5)1(6)7/h5,7-8,10-11,14,18-19,21H,6,9,12-13,15-17H2,1-4H3;2*(H,6,7)/t21-,25+;;/m0../s1. The molecule has 4 rings (SSSR count). The Balaban J connectivity index is 0.000000440. The highest BCUT2D eigenvalue weighted by Gasteiger charge is 2.57. The molecule has 17 heteroatoms. The SMILES string of the molecule is CC(C)CC(=O)N1C[C@@H](c2ccnn2C(C)C)[C@@]2(CCCN(Cc3cccnc3)C2=O)C1.O=C(O)C(F)(F)F.O=C(O)C(F)(F)F. The molecule has 2 aromatic heterocycles. The minimum Gasteiger partial charge on any atom is -0.475 e. The quantitative estimate of drug-likeness (QED) is 0.415. The minimum atomic E-state index is -5.08. The smallest absolute Gasteiger partial charge is 0.475 e. The predicted octanol–water partition coefficient (Wildman–Crippen LogP) is 4.91. The highest BCUT2D eigenvalue weighted by atomic mass is 19.4. The third-order valence-electron chi connectivity index (χ3n) is 7.37. The zero-order valence-electron chi connectivity index (χ0n) is 25.7. The van der Waals surface area contributed by atoms with Crippen LogP contribution in [0.3, 0.4) is 0 Å². The maximum absolute atomic E-state index is 14.1. The summed E-state index contributed by atoms with van der Waals surface area (Å²) in [6.07, 6.45) is -2.52. The predicted molar refractivity (Wildman–Crippen MR) is 150 cm³/mol. The second-order valence-electron chi connectivity index (χ2n) is 11.7. The molecule has 256 valence electrons. The summed E-state index contributed by atoms with van der Waals surface area (Å²) in [6.45, 7) is 10.7. The Labute approximate surface area is 261 Å². The van der Waals surface area contributed by atoms with Crippen molar-refractivity contribution in [2.75, 3.05) is 19.6 Å². The molecule has 4 heterocycles. The number of hydrogen-bond donors (Lipinski definition) is 2. The summed E-state index contributed by atoms with van der Waals surface area (Å²) in [5, 5.41) is 18.8. The topological polar surface area (TPSA) is 146 Å². The van der Waals surface area contributed by atoms with Gasteiger partial charge in [-0.25, -0.2) is 9.59 Å². The number of rotatable bonds is 6. The number of aliphatic carboxylic acids is 2. The van der Waals surface area contributed by atoms with Crippen molar-refractivity contribution in [3.8, 4) is 0 Å². The molecule has 2 N–H and O–H groups in total. The van der Waals surface area contributed by atoms with Crippen molar-refractivity contribution in [3.05, 3.63) is 48.0 Å². The van der Waals surface area contributed by atoms with E-state index in [4.69, 9.17) is 19.8 Å². The van der Waals surface area contributed by atoms with Crippen LogP contribution in [-0.2, 0) is 25.7 Å². The van der Waals surface area contributed by atoms with Crippen LogP contribution in [-0.4, -0.2) is 90.5 Å². The van der Waals surface area contributed by atoms with Crippen molar-refractivity contribution in [1.29, 1.82) is 0 Å². The van der Waals surface area contributed by atoms with Gasteiger partial charge >= 0.3 is 24.3 Å². The molecule has 2 amide bonds. The Morgan fingerprint density at radius 3 is 2.07 bits per heavy atom. The molecule has 2 saturated heterocycles. The van der Waals surface area contributed by atoms with Gasteiger partial charge in [0.1, 0.15) is 0 Å². The fourth-order valence-corrected chi connectivity index (χ4v) is 5.43. The molecule has 2 aliphatic heterocycles. The minimum absolute atomic E-state index is 0.0484. The summed E-state index contributed by atoms with van der Waals surface area (Å²) < 4.78 is 65.5. The molecular formula is C29H37F6N5O6. The molecule has 1 spiro atoms. The molecule has 0 unspecified atom stereocenters. The van der Waals surface area contributed by atoms with Gasteiger partial charge in [0.15, 0.2) is 0 Å². The number of carboxylic acid groups (broad SMARTS) is 2. The Hall–Kier alpha value is -4.18. The summed E-state index contributed by atoms with van der Waals surface area (Å²) in [7, 11) is 0. The molecule has 0 saturated carbocycles. The van der Waals surface area contributed by atoms with Gasteiger partial charge in [-0.3, -0.25) is 19.3 Å². The number of amides is 2. The Morgan fingerprint density at radius 1 is 1.00 bits per heavy atom. The Kier molecular flexibility index (Phi) is 12.7. The second kappa shape index (κ2) is 15.4. The van der Waals surface area contributed by atoms with Crippen LogP contribution in [0.4, 0.5) is 26.3 Å². The van der Waals surface area contributed by atoms with Gasteiger partial charge in [0.2, 0.25) is 11.8 Å². The lowest BCUT2D eigenvalue weighted by atomic mass is 9.70. The molecule has 0 bridgehead atoms. The van der Waals surface area contributed by atoms with E-state index in [1.54, 1.807) is 6.20 Å². The molecular weight excluding hydrogens is 628 g/mol. The third kappa shape index (κ3) is 9.91. The van der Waals surface area contributed by atoms with E-state index in [0.717, 1.165) is 30.6 Å². The molecule has 2 atom stereocenters. The number of halogens is 6. The van der Waals surface area contributed by atoms with Crippen LogP contribution in [0.5, 0.6) is 0 Å². The first-order valence-electron chi connectivity index (χ1n) is 14.3. The van der Waals surface area contributed by atoms with E-state index in [9.17, 15) is 35.9 Å². The Morgan fingerprint density at radius 2 is 1.59 bits per heavy atom. The highest BCUT2D eigenvalue weighted by Crippen LogP contribution is 2.50. The van der Waals surface area contributed by atoms with Crippen LogP contribution in [0.1, 0.15) is 70.2 Å². The largest absolute Gasteiger partial charge is 0.490 e. The fraction of sp³-hybridized carbons (Fsp3) is 0.586. The lowest BCUT2D eigenvalue weighted by molar-refractivity contribution is -0.193. The third-order valence-corrected chi connectivity index (χ3v) is 7.37. The second-order valence-corrected chi connectivity index (χ2v) is 11.7. The number of likely N-dealkylation sites (tertiary alicyclic amines) is 2. The summed E-state index contributed by atoms with van der Waals surface area (Å²) in [5.74, 6) is -4.96. The number of carbonyl (C=O) groups is 4. The molecule has 46 heavy (non-hydrogen) atoms. The molecule has 2 fully saturated rings. The number of pyridine rings is 1. The molecule has 11 nitrogen and oxygen atoms in total. The first-order chi connectivity index (χ1) is 21.2. The normalized spacial score (nSPS) is 19.9. The van der Waals surface area contributed by atoms with E-state index < -0.39 is 29.7 Å². The van der Waals surface area contributed by atoms with Gasteiger partial charge < -0.3 is 20.0 Å². The number of nitrogens with zero attached hydrogens (tertiary/aromatic N) is 5. The van der Waals surface area contributed by atoms with Crippen molar-refractivity contribution >= 4 is 23.8 Å². The van der Waals surface area contributed by atoms with Gasteiger partial charge in [0.25, 0.3) is 0 Å². The number of hydrogen-bond acceptors (Lipinski definition) is 6. The van der Waals surface area contributed by atoms with Crippen molar-refractivity contribution in [2.45, 2.75) is 77.8 Å². The maximum Gasteiger partial charge on any atom is 0.490 e.